The highest BCUT2D eigenvalue weighted by Crippen LogP contribution is 2.24. The smallest absolute Gasteiger partial charge is 0.258 e. The van der Waals surface area contributed by atoms with Crippen molar-refractivity contribution in [2.24, 2.45) is 0 Å². The number of likely N-dealkylation sites (tertiary alicyclic amines) is 1. The quantitative estimate of drug-likeness (QED) is 0.649. The second kappa shape index (κ2) is 8.51. The summed E-state index contributed by atoms with van der Waals surface area (Å²) in [5, 5.41) is 13.8. The molecule has 4 heterocycles. The molecule has 2 aliphatic rings. The fourth-order valence-electron chi connectivity index (χ4n) is 5.17. The summed E-state index contributed by atoms with van der Waals surface area (Å²) in [6.45, 7) is 7.59. The van der Waals surface area contributed by atoms with Gasteiger partial charge in [0.15, 0.2) is 6.04 Å². The van der Waals surface area contributed by atoms with Gasteiger partial charge in [0, 0.05) is 12.0 Å². The SMILES string of the molecule is Cc1ccc(C)c2[nH]c(=O)c([C@H](c3nnnn3C[C@@H]3CCCO3)[NH+]3CCCCC3)cc12. The van der Waals surface area contributed by atoms with Crippen molar-refractivity contribution in [2.75, 3.05) is 19.7 Å². The molecule has 1 aromatic carbocycles. The fraction of sp³-hybridized carbons (Fsp3) is 0.565. The first-order valence-corrected chi connectivity index (χ1v) is 11.5. The van der Waals surface area contributed by atoms with Gasteiger partial charge >= 0.3 is 0 Å². The molecule has 2 aromatic heterocycles. The molecule has 3 aromatic rings. The number of hydrogen-bond donors (Lipinski definition) is 2. The minimum atomic E-state index is -0.190. The van der Waals surface area contributed by atoms with Crippen LogP contribution in [0.5, 0.6) is 0 Å². The zero-order valence-electron chi connectivity index (χ0n) is 18.4. The van der Waals surface area contributed by atoms with E-state index in [9.17, 15) is 4.79 Å². The van der Waals surface area contributed by atoms with E-state index in [0.717, 1.165) is 78.8 Å². The van der Waals surface area contributed by atoms with Gasteiger partial charge in [-0.05, 0) is 73.6 Å². The minimum Gasteiger partial charge on any atom is -0.376 e. The highest BCUT2D eigenvalue weighted by molar-refractivity contribution is 5.85. The van der Waals surface area contributed by atoms with Crippen molar-refractivity contribution in [3.8, 4) is 0 Å². The van der Waals surface area contributed by atoms with Crippen molar-refractivity contribution in [2.45, 2.75) is 64.6 Å². The van der Waals surface area contributed by atoms with E-state index >= 15 is 0 Å². The van der Waals surface area contributed by atoms with Gasteiger partial charge in [-0.15, -0.1) is 5.10 Å². The lowest BCUT2D eigenvalue weighted by molar-refractivity contribution is -0.931. The van der Waals surface area contributed by atoms with E-state index in [4.69, 9.17) is 4.74 Å². The molecule has 0 bridgehead atoms. The number of H-pyrrole nitrogens is 1. The van der Waals surface area contributed by atoms with Gasteiger partial charge in [-0.25, -0.2) is 4.68 Å². The number of nitrogens with one attached hydrogen (secondary N) is 2. The molecule has 0 saturated carbocycles. The number of piperidine rings is 1. The predicted molar refractivity (Wildman–Crippen MR) is 117 cm³/mol. The molecular formula is C23H31N6O2+. The van der Waals surface area contributed by atoms with Crippen molar-refractivity contribution in [3.63, 3.8) is 0 Å². The van der Waals surface area contributed by atoms with E-state index in [0.29, 0.717) is 6.54 Å². The maximum Gasteiger partial charge on any atom is 0.258 e. The molecular weight excluding hydrogens is 392 g/mol. The Morgan fingerprint density at radius 3 is 2.77 bits per heavy atom. The number of pyridine rings is 1. The van der Waals surface area contributed by atoms with Gasteiger partial charge in [-0.2, -0.15) is 0 Å². The number of quaternary nitrogens is 1. The lowest BCUT2D eigenvalue weighted by atomic mass is 9.98. The third kappa shape index (κ3) is 3.90. The van der Waals surface area contributed by atoms with Crippen LogP contribution in [0.4, 0.5) is 0 Å². The number of aromatic amines is 1. The van der Waals surface area contributed by atoms with E-state index in [-0.39, 0.29) is 17.7 Å². The van der Waals surface area contributed by atoms with E-state index in [2.05, 4.69) is 45.6 Å². The first kappa shape index (κ1) is 20.3. The van der Waals surface area contributed by atoms with Gasteiger partial charge in [0.2, 0.25) is 5.82 Å². The third-order valence-corrected chi connectivity index (χ3v) is 6.91. The summed E-state index contributed by atoms with van der Waals surface area (Å²) in [7, 11) is 0. The summed E-state index contributed by atoms with van der Waals surface area (Å²) < 4.78 is 7.70. The second-order valence-corrected chi connectivity index (χ2v) is 9.05. The molecule has 8 nitrogen and oxygen atoms in total. The molecule has 5 rings (SSSR count). The first-order chi connectivity index (χ1) is 15.1. The molecule has 0 amide bonds. The van der Waals surface area contributed by atoms with Crippen LogP contribution in [0, 0.1) is 13.8 Å². The zero-order valence-corrected chi connectivity index (χ0v) is 18.4. The molecule has 0 aliphatic carbocycles. The van der Waals surface area contributed by atoms with Gasteiger partial charge in [-0.3, -0.25) is 4.79 Å². The number of fused-ring (bicyclic) bond motifs is 1. The summed E-state index contributed by atoms with van der Waals surface area (Å²) in [5.74, 6) is 0.766. The number of benzene rings is 1. The Kier molecular flexibility index (Phi) is 5.58. The van der Waals surface area contributed by atoms with Gasteiger partial charge in [0.05, 0.1) is 36.8 Å². The van der Waals surface area contributed by atoms with Crippen molar-refractivity contribution in [3.05, 3.63) is 51.1 Å². The van der Waals surface area contributed by atoms with Crippen molar-refractivity contribution in [1.29, 1.82) is 0 Å². The molecule has 2 saturated heterocycles. The molecule has 0 unspecified atom stereocenters. The van der Waals surface area contributed by atoms with E-state index in [1.54, 1.807) is 0 Å². The molecule has 2 atom stereocenters. The van der Waals surface area contributed by atoms with Crippen LogP contribution in [-0.2, 0) is 11.3 Å². The summed E-state index contributed by atoms with van der Waals surface area (Å²) in [4.78, 5) is 17.9. The van der Waals surface area contributed by atoms with E-state index in [1.807, 2.05) is 11.6 Å². The maximum absolute atomic E-state index is 13.4. The summed E-state index contributed by atoms with van der Waals surface area (Å²) >= 11 is 0. The van der Waals surface area contributed by atoms with Crippen LogP contribution in [0.2, 0.25) is 0 Å². The van der Waals surface area contributed by atoms with Crippen molar-refractivity contribution >= 4 is 10.9 Å². The van der Waals surface area contributed by atoms with E-state index in [1.165, 1.54) is 11.3 Å². The van der Waals surface area contributed by atoms with Crippen LogP contribution in [0.25, 0.3) is 10.9 Å². The maximum atomic E-state index is 13.4. The Morgan fingerprint density at radius 2 is 2.00 bits per heavy atom. The van der Waals surface area contributed by atoms with Crippen LogP contribution in [0.15, 0.2) is 23.0 Å². The number of nitrogens with zero attached hydrogens (tertiary/aromatic N) is 4. The average Bonchev–Trinajstić information content (AvgIpc) is 3.46. The molecule has 2 N–H and O–H groups in total. The zero-order chi connectivity index (χ0) is 21.4. The highest BCUT2D eigenvalue weighted by atomic mass is 16.5. The Balaban J connectivity index is 1.63. The lowest BCUT2D eigenvalue weighted by Crippen LogP contribution is -3.13. The van der Waals surface area contributed by atoms with Gasteiger partial charge in [-0.1, -0.05) is 12.1 Å². The Morgan fingerprint density at radius 1 is 1.19 bits per heavy atom. The number of aromatic nitrogens is 5. The molecule has 164 valence electrons. The molecule has 0 radical (unpaired) electrons. The van der Waals surface area contributed by atoms with Crippen LogP contribution in [-0.4, -0.2) is 51.0 Å². The fourth-order valence-corrected chi connectivity index (χ4v) is 5.17. The number of aryl methyl sites for hydroxylation is 2. The van der Waals surface area contributed by atoms with Gasteiger partial charge in [0.25, 0.3) is 5.56 Å². The number of ether oxygens (including phenoxy) is 1. The Bertz CT molecular complexity index is 1120. The molecule has 31 heavy (non-hydrogen) atoms. The highest BCUT2D eigenvalue weighted by Gasteiger charge is 2.35. The van der Waals surface area contributed by atoms with Crippen LogP contribution in [0.1, 0.15) is 60.7 Å². The topological polar surface area (TPSA) is 90.1 Å². The van der Waals surface area contributed by atoms with Crippen LogP contribution >= 0.6 is 0 Å². The van der Waals surface area contributed by atoms with Crippen molar-refractivity contribution < 1.29 is 9.64 Å². The average molecular weight is 424 g/mol. The number of tetrazole rings is 1. The Hall–Kier alpha value is -2.58. The predicted octanol–water partition coefficient (Wildman–Crippen LogP) is 1.47. The molecule has 8 heteroatoms. The standard InChI is InChI=1S/C23H30N6O2/c1-15-8-9-16(2)20-18(15)13-19(23(30)24-20)21(28-10-4-3-5-11-28)22-25-26-27-29(22)14-17-7-6-12-31-17/h8-9,13,17,21H,3-7,10-12,14H2,1-2H3,(H,24,30)/p+1/t17-,21+/m0/s1. The van der Waals surface area contributed by atoms with Crippen LogP contribution in [0.3, 0.4) is 0 Å². The monoisotopic (exact) mass is 423 g/mol. The third-order valence-electron chi connectivity index (χ3n) is 6.91. The van der Waals surface area contributed by atoms with Crippen LogP contribution < -0.4 is 10.5 Å². The number of hydrogen-bond acceptors (Lipinski definition) is 5. The second-order valence-electron chi connectivity index (χ2n) is 9.05. The summed E-state index contributed by atoms with van der Waals surface area (Å²) in [5.41, 5.74) is 3.86. The first-order valence-electron chi connectivity index (χ1n) is 11.5. The lowest BCUT2D eigenvalue weighted by Gasteiger charge is -2.31. The number of rotatable bonds is 5. The molecule has 2 aliphatic heterocycles. The molecule has 2 fully saturated rings. The van der Waals surface area contributed by atoms with Gasteiger partial charge < -0.3 is 14.6 Å². The van der Waals surface area contributed by atoms with Crippen molar-refractivity contribution in [1.82, 2.24) is 25.2 Å². The summed E-state index contributed by atoms with van der Waals surface area (Å²) in [6, 6.07) is 6.06. The summed E-state index contributed by atoms with van der Waals surface area (Å²) in [6.07, 6.45) is 5.79. The Labute approximate surface area is 181 Å². The normalized spacial score (nSPS) is 21.0. The molecule has 0 spiro atoms. The van der Waals surface area contributed by atoms with E-state index < -0.39 is 0 Å². The minimum absolute atomic E-state index is 0.0454. The largest absolute Gasteiger partial charge is 0.376 e. The van der Waals surface area contributed by atoms with Gasteiger partial charge in [0.1, 0.15) is 0 Å².